The summed E-state index contributed by atoms with van der Waals surface area (Å²) in [4.78, 5) is 51.3. The van der Waals surface area contributed by atoms with Crippen LogP contribution in [0.4, 0.5) is 0 Å². The molecule has 0 amide bonds. The molecule has 0 radical (unpaired) electrons. The molecule has 15 nitrogen and oxygen atoms in total. The Balaban J connectivity index is 2.57. The third kappa shape index (κ3) is 13.0. The van der Waals surface area contributed by atoms with E-state index in [1.807, 2.05) is 0 Å². The quantitative estimate of drug-likeness (QED) is 0.0733. The number of hydrogen-bond donors (Lipinski definition) is 1. The number of nitrogens with zero attached hydrogens (tertiary/aromatic N) is 2. The van der Waals surface area contributed by atoms with Crippen LogP contribution >= 0.6 is 23.5 Å². The third-order valence-corrected chi connectivity index (χ3v) is 6.17. The Labute approximate surface area is 201 Å². The van der Waals surface area contributed by atoms with E-state index in [0.717, 1.165) is 18.2 Å². The van der Waals surface area contributed by atoms with Crippen molar-refractivity contribution in [2.45, 2.75) is 17.7 Å². The first-order valence-electron chi connectivity index (χ1n) is 9.22. The zero-order chi connectivity index (χ0) is 25.6. The van der Waals surface area contributed by atoms with Gasteiger partial charge in [-0.15, -0.1) is 20.2 Å². The molecule has 0 fully saturated rings. The summed E-state index contributed by atoms with van der Waals surface area (Å²) in [6.45, 7) is -0.298. The second-order valence-electron chi connectivity index (χ2n) is 5.87. The molecule has 0 spiro atoms. The van der Waals surface area contributed by atoms with Gasteiger partial charge >= 0.3 is 11.9 Å². The minimum Gasteiger partial charge on any atom is -0.426 e. The van der Waals surface area contributed by atoms with E-state index in [0.29, 0.717) is 0 Å². The van der Waals surface area contributed by atoms with E-state index in [9.17, 15) is 42.8 Å². The highest BCUT2D eigenvalue weighted by molar-refractivity contribution is 7.99. The van der Waals surface area contributed by atoms with Crippen LogP contribution in [-0.4, -0.2) is 71.3 Å². The van der Waals surface area contributed by atoms with E-state index in [4.69, 9.17) is 9.47 Å². The lowest BCUT2D eigenvalue weighted by atomic mass is 10.3. The fraction of sp³-hybridized carbons (Fsp3) is 0.500. The van der Waals surface area contributed by atoms with Gasteiger partial charge in [-0.2, -0.15) is 31.9 Å². The van der Waals surface area contributed by atoms with Crippen LogP contribution < -0.4 is 9.47 Å². The predicted octanol–water partition coefficient (Wildman–Crippen LogP) is 1.41. The van der Waals surface area contributed by atoms with Crippen molar-refractivity contribution < 1.29 is 51.9 Å². The van der Waals surface area contributed by atoms with Gasteiger partial charge in [-0.05, 0) is 12.1 Å². The minimum absolute atomic E-state index is 0.0918. The van der Waals surface area contributed by atoms with Gasteiger partial charge in [-0.1, -0.05) is 0 Å². The van der Waals surface area contributed by atoms with Crippen molar-refractivity contribution in [3.63, 3.8) is 0 Å². The van der Waals surface area contributed by atoms with Crippen molar-refractivity contribution in [1.82, 2.24) is 0 Å². The molecule has 0 heterocycles. The highest BCUT2D eigenvalue weighted by atomic mass is 32.2. The van der Waals surface area contributed by atoms with Crippen molar-refractivity contribution in [2.24, 2.45) is 0 Å². The van der Waals surface area contributed by atoms with Crippen molar-refractivity contribution in [3.05, 3.63) is 38.4 Å². The maximum absolute atomic E-state index is 11.9. The summed E-state index contributed by atoms with van der Waals surface area (Å²) in [7, 11) is -4.84. The molecule has 0 saturated carbocycles. The molecule has 18 heteroatoms. The summed E-state index contributed by atoms with van der Waals surface area (Å²) >= 11 is 2.37. The maximum Gasteiger partial charge on any atom is 0.312 e. The predicted molar refractivity (Wildman–Crippen MR) is 117 cm³/mol. The SMILES string of the molecule is O=C(CCSCCO[N+](=O)[O-])Oc1ccc(OC(=O)CCSCCO[N+](=O)[O-])c(S(=O)(=O)O)c1. The van der Waals surface area contributed by atoms with Gasteiger partial charge < -0.3 is 19.1 Å². The zero-order valence-corrected chi connectivity index (χ0v) is 19.8. The van der Waals surface area contributed by atoms with E-state index in [1.54, 1.807) is 0 Å². The van der Waals surface area contributed by atoms with Gasteiger partial charge in [-0.3, -0.25) is 14.1 Å². The second-order valence-corrected chi connectivity index (χ2v) is 9.71. The molecule has 0 atom stereocenters. The van der Waals surface area contributed by atoms with E-state index in [-0.39, 0.29) is 54.8 Å². The Morgan fingerprint density at radius 1 is 0.882 bits per heavy atom. The summed E-state index contributed by atoms with van der Waals surface area (Å²) in [6, 6.07) is 3.01. The molecule has 0 saturated heterocycles. The fourth-order valence-corrected chi connectivity index (χ4v) is 4.09. The van der Waals surface area contributed by atoms with Gasteiger partial charge in [0.1, 0.15) is 23.9 Å². The number of esters is 2. The average Bonchev–Trinajstić information content (AvgIpc) is 2.73. The standard InChI is InChI=1S/C16H20N2O13S3/c19-15(3-7-32-9-5-28-17(21)22)30-12-1-2-13(14(11-12)34(25,26)27)31-16(20)4-8-33-10-6-29-18(23)24/h1-2,11H,3-10H2,(H,25,26,27). The Morgan fingerprint density at radius 3 is 1.85 bits per heavy atom. The fourth-order valence-electron chi connectivity index (χ4n) is 2.05. The van der Waals surface area contributed by atoms with Crippen LogP contribution in [0.15, 0.2) is 23.1 Å². The smallest absolute Gasteiger partial charge is 0.312 e. The van der Waals surface area contributed by atoms with Crippen molar-refractivity contribution in [1.29, 1.82) is 0 Å². The highest BCUT2D eigenvalue weighted by Gasteiger charge is 2.21. The summed E-state index contributed by atoms with van der Waals surface area (Å²) < 4.78 is 42.7. The first-order valence-corrected chi connectivity index (χ1v) is 13.0. The monoisotopic (exact) mass is 544 g/mol. The molecule has 0 aliphatic carbocycles. The number of hydrogen-bond acceptors (Lipinski definition) is 14. The molecular formula is C16H20N2O13S3. The van der Waals surface area contributed by atoms with Gasteiger partial charge in [0.25, 0.3) is 20.3 Å². The van der Waals surface area contributed by atoms with Crippen LogP contribution in [0.25, 0.3) is 0 Å². The molecule has 0 unspecified atom stereocenters. The zero-order valence-electron chi connectivity index (χ0n) is 17.4. The Hall–Kier alpha value is -2.83. The lowest BCUT2D eigenvalue weighted by Crippen LogP contribution is -2.13. The maximum atomic E-state index is 11.9. The van der Waals surface area contributed by atoms with Gasteiger partial charge in [0.2, 0.25) is 0 Å². The number of ether oxygens (including phenoxy) is 2. The summed E-state index contributed by atoms with van der Waals surface area (Å²) in [6.07, 6.45) is -0.249. The molecule has 1 aromatic carbocycles. The molecule has 0 aliphatic rings. The molecule has 0 aliphatic heterocycles. The number of thioether (sulfide) groups is 2. The number of benzene rings is 1. The molecular weight excluding hydrogens is 524 g/mol. The van der Waals surface area contributed by atoms with Crippen molar-refractivity contribution in [3.8, 4) is 11.5 Å². The van der Waals surface area contributed by atoms with Gasteiger partial charge in [0, 0.05) is 29.1 Å². The van der Waals surface area contributed by atoms with Crippen LogP contribution in [0.5, 0.6) is 11.5 Å². The lowest BCUT2D eigenvalue weighted by Gasteiger charge is -2.11. The lowest BCUT2D eigenvalue weighted by molar-refractivity contribution is -0.756. The molecule has 34 heavy (non-hydrogen) atoms. The number of rotatable bonds is 17. The highest BCUT2D eigenvalue weighted by Crippen LogP contribution is 2.29. The molecule has 1 N–H and O–H groups in total. The molecule has 0 bridgehead atoms. The van der Waals surface area contributed by atoms with Crippen molar-refractivity contribution >= 4 is 45.6 Å². The Kier molecular flexibility index (Phi) is 13.0. The largest absolute Gasteiger partial charge is 0.426 e. The normalized spacial score (nSPS) is 10.9. The topological polar surface area (TPSA) is 212 Å². The first-order chi connectivity index (χ1) is 16.0. The summed E-state index contributed by atoms with van der Waals surface area (Å²) in [5.74, 6) is -1.26. The van der Waals surface area contributed by atoms with Crippen LogP contribution in [0, 0.1) is 20.2 Å². The van der Waals surface area contributed by atoms with Gasteiger partial charge in [0.05, 0.1) is 12.8 Å². The number of carbonyl (C=O) groups is 2. The Morgan fingerprint density at radius 2 is 1.38 bits per heavy atom. The van der Waals surface area contributed by atoms with E-state index in [2.05, 4.69) is 9.68 Å². The molecule has 1 aromatic rings. The third-order valence-electron chi connectivity index (χ3n) is 3.40. The van der Waals surface area contributed by atoms with Crippen molar-refractivity contribution in [2.75, 3.05) is 36.2 Å². The van der Waals surface area contributed by atoms with Crippen LogP contribution in [0.1, 0.15) is 12.8 Å². The molecule has 1 rings (SSSR count). The first kappa shape index (κ1) is 29.2. The summed E-state index contributed by atoms with van der Waals surface area (Å²) in [5, 5.41) is 18.2. The van der Waals surface area contributed by atoms with E-state index < -0.39 is 42.9 Å². The minimum atomic E-state index is -4.84. The second kappa shape index (κ2) is 15.1. The van der Waals surface area contributed by atoms with E-state index in [1.165, 1.54) is 23.5 Å². The molecule has 0 aromatic heterocycles. The van der Waals surface area contributed by atoms with Crippen LogP contribution in [0.2, 0.25) is 0 Å². The van der Waals surface area contributed by atoms with E-state index >= 15 is 0 Å². The summed E-state index contributed by atoms with van der Waals surface area (Å²) in [5.41, 5.74) is 0. The molecule has 190 valence electrons. The van der Waals surface area contributed by atoms with Gasteiger partial charge in [-0.25, -0.2) is 0 Å². The van der Waals surface area contributed by atoms with Crippen LogP contribution in [0.3, 0.4) is 0 Å². The van der Waals surface area contributed by atoms with Gasteiger partial charge in [0.15, 0.2) is 5.75 Å². The number of carbonyl (C=O) groups excluding carboxylic acids is 2. The van der Waals surface area contributed by atoms with Crippen LogP contribution in [-0.2, 0) is 29.4 Å². The average molecular weight is 545 g/mol. The Bertz CT molecular complexity index is 971.